The third-order valence-corrected chi connectivity index (χ3v) is 3.97. The van der Waals surface area contributed by atoms with Crippen molar-refractivity contribution in [1.29, 1.82) is 0 Å². The first-order valence-corrected chi connectivity index (χ1v) is 7.69. The maximum Gasteiger partial charge on any atom is 0.138 e. The third kappa shape index (κ3) is 2.99. The van der Waals surface area contributed by atoms with E-state index in [2.05, 4.69) is 63.9 Å². The second-order valence-electron chi connectivity index (χ2n) is 5.51. The molecule has 1 aliphatic heterocycles. The summed E-state index contributed by atoms with van der Waals surface area (Å²) < 4.78 is 0. The fourth-order valence-electron chi connectivity index (χ4n) is 2.88. The van der Waals surface area contributed by atoms with Gasteiger partial charge in [-0.05, 0) is 44.4 Å². The summed E-state index contributed by atoms with van der Waals surface area (Å²) in [5.41, 5.74) is 2.45. The molecule has 0 unspecified atom stereocenters. The number of anilines is 3. The number of rotatable bonds is 4. The van der Waals surface area contributed by atoms with E-state index in [0.717, 1.165) is 31.3 Å². The molecule has 4 nitrogen and oxygen atoms in total. The fourth-order valence-corrected chi connectivity index (χ4v) is 2.88. The molecule has 0 bridgehead atoms. The van der Waals surface area contributed by atoms with Crippen molar-refractivity contribution in [2.45, 2.75) is 26.7 Å². The summed E-state index contributed by atoms with van der Waals surface area (Å²) >= 11 is 0. The Bertz CT molecular complexity index is 605. The number of benzene rings is 1. The highest BCUT2D eigenvalue weighted by molar-refractivity contribution is 5.63. The second-order valence-corrected chi connectivity index (χ2v) is 5.51. The summed E-state index contributed by atoms with van der Waals surface area (Å²) in [6.07, 6.45) is 4.20. The predicted molar refractivity (Wildman–Crippen MR) is 87.3 cm³/mol. The lowest BCUT2D eigenvalue weighted by Gasteiger charge is -2.24. The summed E-state index contributed by atoms with van der Waals surface area (Å²) in [4.78, 5) is 13.5. The predicted octanol–water partition coefficient (Wildman–Crippen LogP) is 3.54. The highest BCUT2D eigenvalue weighted by Gasteiger charge is 2.16. The van der Waals surface area contributed by atoms with Crippen LogP contribution in [-0.4, -0.2) is 29.6 Å². The summed E-state index contributed by atoms with van der Waals surface area (Å²) in [5.74, 6) is 2.02. The van der Waals surface area contributed by atoms with Gasteiger partial charge in [-0.15, -0.1) is 0 Å². The van der Waals surface area contributed by atoms with E-state index in [-0.39, 0.29) is 0 Å². The van der Waals surface area contributed by atoms with E-state index in [1.54, 1.807) is 6.33 Å². The van der Waals surface area contributed by atoms with Gasteiger partial charge in [-0.25, -0.2) is 9.97 Å². The van der Waals surface area contributed by atoms with Crippen molar-refractivity contribution in [2.75, 3.05) is 29.4 Å². The SMILES string of the molecule is CCN(c1cccc(C)c1)c1cc(N2CCCC2)ncn1. The summed E-state index contributed by atoms with van der Waals surface area (Å²) in [5, 5.41) is 0. The zero-order valence-electron chi connectivity index (χ0n) is 12.8. The molecule has 0 saturated carbocycles. The van der Waals surface area contributed by atoms with Crippen LogP contribution in [0, 0.1) is 6.92 Å². The molecule has 2 heterocycles. The minimum Gasteiger partial charge on any atom is -0.356 e. The molecule has 1 saturated heterocycles. The van der Waals surface area contributed by atoms with E-state index >= 15 is 0 Å². The van der Waals surface area contributed by atoms with Crippen molar-refractivity contribution in [3.8, 4) is 0 Å². The third-order valence-electron chi connectivity index (χ3n) is 3.97. The van der Waals surface area contributed by atoms with Crippen LogP contribution in [0.1, 0.15) is 25.3 Å². The Morgan fingerprint density at radius 3 is 2.67 bits per heavy atom. The molecule has 1 aromatic carbocycles. The number of hydrogen-bond acceptors (Lipinski definition) is 4. The maximum absolute atomic E-state index is 4.48. The summed E-state index contributed by atoms with van der Waals surface area (Å²) in [7, 11) is 0. The van der Waals surface area contributed by atoms with E-state index in [1.807, 2.05) is 0 Å². The molecule has 1 aliphatic rings. The van der Waals surface area contributed by atoms with Gasteiger partial charge < -0.3 is 9.80 Å². The number of nitrogens with zero attached hydrogens (tertiary/aromatic N) is 4. The Morgan fingerprint density at radius 2 is 1.95 bits per heavy atom. The highest BCUT2D eigenvalue weighted by atomic mass is 15.2. The number of aryl methyl sites for hydroxylation is 1. The van der Waals surface area contributed by atoms with E-state index in [0.29, 0.717) is 0 Å². The van der Waals surface area contributed by atoms with Crippen molar-refractivity contribution in [2.24, 2.45) is 0 Å². The van der Waals surface area contributed by atoms with Gasteiger partial charge in [-0.1, -0.05) is 12.1 Å². The second kappa shape index (κ2) is 6.12. The van der Waals surface area contributed by atoms with Crippen LogP contribution >= 0.6 is 0 Å². The molecule has 1 fully saturated rings. The Labute approximate surface area is 126 Å². The van der Waals surface area contributed by atoms with Crippen LogP contribution in [0.2, 0.25) is 0 Å². The molecule has 21 heavy (non-hydrogen) atoms. The van der Waals surface area contributed by atoms with Crippen LogP contribution in [0.25, 0.3) is 0 Å². The van der Waals surface area contributed by atoms with E-state index in [4.69, 9.17) is 0 Å². The quantitative estimate of drug-likeness (QED) is 0.858. The van der Waals surface area contributed by atoms with Gasteiger partial charge in [0.2, 0.25) is 0 Å². The molecule has 0 atom stereocenters. The van der Waals surface area contributed by atoms with Gasteiger partial charge in [-0.3, -0.25) is 0 Å². The lowest BCUT2D eigenvalue weighted by Crippen LogP contribution is -2.21. The molecule has 1 aromatic heterocycles. The maximum atomic E-state index is 4.48. The molecule has 3 rings (SSSR count). The van der Waals surface area contributed by atoms with Gasteiger partial charge in [0.05, 0.1) is 0 Å². The average Bonchev–Trinajstić information content (AvgIpc) is 3.03. The lowest BCUT2D eigenvalue weighted by atomic mass is 10.2. The van der Waals surface area contributed by atoms with Crippen LogP contribution < -0.4 is 9.80 Å². The van der Waals surface area contributed by atoms with Crippen LogP contribution in [0.4, 0.5) is 17.3 Å². The normalized spacial score (nSPS) is 14.5. The van der Waals surface area contributed by atoms with Crippen molar-refractivity contribution in [1.82, 2.24) is 9.97 Å². The number of hydrogen-bond donors (Lipinski definition) is 0. The van der Waals surface area contributed by atoms with E-state index in [1.165, 1.54) is 24.1 Å². The Morgan fingerprint density at radius 1 is 1.14 bits per heavy atom. The molecule has 0 N–H and O–H groups in total. The van der Waals surface area contributed by atoms with Gasteiger partial charge in [0.15, 0.2) is 0 Å². The van der Waals surface area contributed by atoms with Crippen LogP contribution in [0.3, 0.4) is 0 Å². The Kier molecular flexibility index (Phi) is 4.04. The first-order chi connectivity index (χ1) is 10.3. The van der Waals surface area contributed by atoms with Crippen molar-refractivity contribution >= 4 is 17.3 Å². The van der Waals surface area contributed by atoms with Gasteiger partial charge in [0, 0.05) is 31.4 Å². The summed E-state index contributed by atoms with van der Waals surface area (Å²) in [6, 6.07) is 10.6. The molecular formula is C17H22N4. The minimum absolute atomic E-state index is 0.889. The standard InChI is InChI=1S/C17H22N4/c1-3-21(15-8-6-7-14(2)11-15)17-12-16(18-13-19-17)20-9-4-5-10-20/h6-8,11-13H,3-5,9-10H2,1-2H3. The van der Waals surface area contributed by atoms with E-state index < -0.39 is 0 Å². The average molecular weight is 282 g/mol. The highest BCUT2D eigenvalue weighted by Crippen LogP contribution is 2.27. The van der Waals surface area contributed by atoms with Gasteiger partial charge >= 0.3 is 0 Å². The fraction of sp³-hybridized carbons (Fsp3) is 0.412. The monoisotopic (exact) mass is 282 g/mol. The smallest absolute Gasteiger partial charge is 0.138 e. The topological polar surface area (TPSA) is 32.3 Å². The van der Waals surface area contributed by atoms with Gasteiger partial charge in [0.1, 0.15) is 18.0 Å². The zero-order chi connectivity index (χ0) is 14.7. The largest absolute Gasteiger partial charge is 0.356 e. The lowest BCUT2D eigenvalue weighted by molar-refractivity contribution is 0.913. The van der Waals surface area contributed by atoms with Crippen molar-refractivity contribution in [3.05, 3.63) is 42.2 Å². The van der Waals surface area contributed by atoms with Crippen molar-refractivity contribution in [3.63, 3.8) is 0 Å². The molecular weight excluding hydrogens is 260 g/mol. The molecule has 110 valence electrons. The van der Waals surface area contributed by atoms with Gasteiger partial charge in [-0.2, -0.15) is 0 Å². The molecule has 0 radical (unpaired) electrons. The first-order valence-electron chi connectivity index (χ1n) is 7.69. The van der Waals surface area contributed by atoms with Crippen LogP contribution in [-0.2, 0) is 0 Å². The molecule has 2 aromatic rings. The van der Waals surface area contributed by atoms with Gasteiger partial charge in [0.25, 0.3) is 0 Å². The molecule has 0 spiro atoms. The Hall–Kier alpha value is -2.10. The number of aromatic nitrogens is 2. The first kappa shape index (κ1) is 13.9. The minimum atomic E-state index is 0.889. The van der Waals surface area contributed by atoms with Crippen LogP contribution in [0.15, 0.2) is 36.7 Å². The Balaban J connectivity index is 1.91. The zero-order valence-corrected chi connectivity index (χ0v) is 12.8. The molecule has 4 heteroatoms. The van der Waals surface area contributed by atoms with Crippen LogP contribution in [0.5, 0.6) is 0 Å². The van der Waals surface area contributed by atoms with Crippen molar-refractivity contribution < 1.29 is 0 Å². The molecule has 0 aliphatic carbocycles. The molecule has 0 amide bonds. The van der Waals surface area contributed by atoms with E-state index in [9.17, 15) is 0 Å². The summed E-state index contributed by atoms with van der Waals surface area (Å²) in [6.45, 7) is 7.37.